The minimum Gasteiger partial charge on any atom is -0.395 e. The SMILES string of the molecule is O=C(c1ncccc1Br)N(CCO)Cc1ccccc1. The standard InChI is InChI=1S/C15H15BrN2O2/c16-13-7-4-8-17-14(13)15(20)18(9-10-19)11-12-5-2-1-3-6-12/h1-8,19H,9-11H2. The number of amides is 1. The van der Waals surface area contributed by atoms with Crippen LogP contribution in [0.2, 0.25) is 0 Å². The minimum atomic E-state index is -0.199. The molecule has 4 nitrogen and oxygen atoms in total. The van der Waals surface area contributed by atoms with Crippen LogP contribution in [0.1, 0.15) is 16.1 Å². The molecule has 104 valence electrons. The van der Waals surface area contributed by atoms with Crippen LogP contribution in [0.15, 0.2) is 53.1 Å². The molecule has 1 aromatic carbocycles. The van der Waals surface area contributed by atoms with Crippen LogP contribution in [-0.2, 0) is 6.54 Å². The number of aliphatic hydroxyl groups is 1. The lowest BCUT2D eigenvalue weighted by Crippen LogP contribution is -2.33. The normalized spacial score (nSPS) is 10.3. The van der Waals surface area contributed by atoms with Gasteiger partial charge in [-0.2, -0.15) is 0 Å². The van der Waals surface area contributed by atoms with Gasteiger partial charge in [0.25, 0.3) is 5.91 Å². The minimum absolute atomic E-state index is 0.0803. The lowest BCUT2D eigenvalue weighted by molar-refractivity contribution is 0.0701. The fourth-order valence-electron chi connectivity index (χ4n) is 1.87. The van der Waals surface area contributed by atoms with Crippen molar-refractivity contribution in [2.24, 2.45) is 0 Å². The molecule has 0 spiro atoms. The van der Waals surface area contributed by atoms with E-state index in [2.05, 4.69) is 20.9 Å². The van der Waals surface area contributed by atoms with Gasteiger partial charge in [-0.3, -0.25) is 4.79 Å². The summed E-state index contributed by atoms with van der Waals surface area (Å²) in [7, 11) is 0. The number of hydrogen-bond acceptors (Lipinski definition) is 3. The number of benzene rings is 1. The van der Waals surface area contributed by atoms with Gasteiger partial charge in [0.2, 0.25) is 0 Å². The highest BCUT2D eigenvalue weighted by molar-refractivity contribution is 9.10. The van der Waals surface area contributed by atoms with Gasteiger partial charge in [-0.15, -0.1) is 0 Å². The molecule has 1 N–H and O–H groups in total. The highest BCUT2D eigenvalue weighted by atomic mass is 79.9. The largest absolute Gasteiger partial charge is 0.395 e. The molecule has 0 fully saturated rings. The zero-order valence-corrected chi connectivity index (χ0v) is 12.5. The Bertz CT molecular complexity index is 575. The number of hydrogen-bond donors (Lipinski definition) is 1. The van der Waals surface area contributed by atoms with E-state index in [9.17, 15) is 4.79 Å². The van der Waals surface area contributed by atoms with E-state index >= 15 is 0 Å². The molecular weight excluding hydrogens is 320 g/mol. The van der Waals surface area contributed by atoms with Crippen molar-refractivity contribution < 1.29 is 9.90 Å². The third-order valence-corrected chi connectivity index (χ3v) is 3.47. The van der Waals surface area contributed by atoms with Crippen molar-refractivity contribution in [3.8, 4) is 0 Å². The number of pyridine rings is 1. The second-order valence-electron chi connectivity index (χ2n) is 4.27. The van der Waals surface area contributed by atoms with Gasteiger partial charge < -0.3 is 10.0 Å². The molecule has 1 heterocycles. The molecule has 2 rings (SSSR count). The predicted molar refractivity (Wildman–Crippen MR) is 80.2 cm³/mol. The number of aromatic nitrogens is 1. The van der Waals surface area contributed by atoms with E-state index in [0.29, 0.717) is 16.7 Å². The van der Waals surface area contributed by atoms with E-state index < -0.39 is 0 Å². The van der Waals surface area contributed by atoms with Gasteiger partial charge >= 0.3 is 0 Å². The Morgan fingerprint density at radius 1 is 1.20 bits per heavy atom. The molecule has 0 atom stereocenters. The number of rotatable bonds is 5. The van der Waals surface area contributed by atoms with Crippen LogP contribution in [0.3, 0.4) is 0 Å². The Balaban J connectivity index is 2.20. The Hall–Kier alpha value is -1.72. The van der Waals surface area contributed by atoms with Crippen LogP contribution < -0.4 is 0 Å². The highest BCUT2D eigenvalue weighted by Crippen LogP contribution is 2.16. The second-order valence-corrected chi connectivity index (χ2v) is 5.12. The number of nitrogens with zero attached hydrogens (tertiary/aromatic N) is 2. The highest BCUT2D eigenvalue weighted by Gasteiger charge is 2.19. The fourth-order valence-corrected chi connectivity index (χ4v) is 2.29. The number of aliphatic hydroxyl groups excluding tert-OH is 1. The van der Waals surface area contributed by atoms with E-state index in [1.807, 2.05) is 30.3 Å². The first-order valence-electron chi connectivity index (χ1n) is 6.27. The van der Waals surface area contributed by atoms with Gasteiger partial charge in [0.15, 0.2) is 0 Å². The molecule has 1 amide bonds. The van der Waals surface area contributed by atoms with Crippen LogP contribution in [0.25, 0.3) is 0 Å². The Labute approximate surface area is 126 Å². The van der Waals surface area contributed by atoms with Crippen LogP contribution in [0, 0.1) is 0 Å². The molecule has 2 aromatic rings. The third kappa shape index (κ3) is 3.65. The monoisotopic (exact) mass is 334 g/mol. The van der Waals surface area contributed by atoms with Gasteiger partial charge in [0.1, 0.15) is 5.69 Å². The lowest BCUT2D eigenvalue weighted by Gasteiger charge is -2.22. The molecule has 0 bridgehead atoms. The zero-order chi connectivity index (χ0) is 14.4. The van der Waals surface area contributed by atoms with Crippen molar-refractivity contribution in [3.63, 3.8) is 0 Å². The molecule has 0 aliphatic heterocycles. The smallest absolute Gasteiger partial charge is 0.274 e. The van der Waals surface area contributed by atoms with Crippen LogP contribution >= 0.6 is 15.9 Å². The van der Waals surface area contributed by atoms with Crippen molar-refractivity contribution in [3.05, 3.63) is 64.4 Å². The second kappa shape index (κ2) is 7.17. The summed E-state index contributed by atoms with van der Waals surface area (Å²) in [6, 6.07) is 13.2. The van der Waals surface area contributed by atoms with Crippen molar-refractivity contribution in [1.29, 1.82) is 0 Å². The summed E-state index contributed by atoms with van der Waals surface area (Å²) >= 11 is 3.33. The van der Waals surface area contributed by atoms with Crippen molar-refractivity contribution in [2.75, 3.05) is 13.2 Å². The van der Waals surface area contributed by atoms with E-state index in [1.54, 1.807) is 23.2 Å². The number of carbonyl (C=O) groups excluding carboxylic acids is 1. The first-order valence-corrected chi connectivity index (χ1v) is 7.06. The summed E-state index contributed by atoms with van der Waals surface area (Å²) in [5.41, 5.74) is 1.37. The summed E-state index contributed by atoms with van der Waals surface area (Å²) in [5.74, 6) is -0.199. The Morgan fingerprint density at radius 3 is 2.60 bits per heavy atom. The average molecular weight is 335 g/mol. The van der Waals surface area contributed by atoms with Crippen LogP contribution in [0.5, 0.6) is 0 Å². The molecule has 0 unspecified atom stereocenters. The predicted octanol–water partition coefficient (Wildman–Crippen LogP) is 2.48. The van der Waals surface area contributed by atoms with Crippen LogP contribution in [0.4, 0.5) is 0 Å². The van der Waals surface area contributed by atoms with Crippen molar-refractivity contribution in [1.82, 2.24) is 9.88 Å². The third-order valence-electron chi connectivity index (χ3n) is 2.83. The van der Waals surface area contributed by atoms with Gasteiger partial charge in [-0.25, -0.2) is 4.98 Å². The fraction of sp³-hybridized carbons (Fsp3) is 0.200. The summed E-state index contributed by atoms with van der Waals surface area (Å²) in [6.07, 6.45) is 1.58. The van der Waals surface area contributed by atoms with Gasteiger partial charge in [0.05, 0.1) is 6.61 Å². The molecule has 0 aliphatic rings. The summed E-state index contributed by atoms with van der Waals surface area (Å²) in [5, 5.41) is 9.15. The number of carbonyl (C=O) groups is 1. The quantitative estimate of drug-likeness (QED) is 0.913. The zero-order valence-electron chi connectivity index (χ0n) is 10.9. The average Bonchev–Trinajstić information content (AvgIpc) is 2.48. The lowest BCUT2D eigenvalue weighted by atomic mass is 10.2. The van der Waals surface area contributed by atoms with Crippen LogP contribution in [-0.4, -0.2) is 34.0 Å². The molecule has 0 aliphatic carbocycles. The topological polar surface area (TPSA) is 53.4 Å². The maximum Gasteiger partial charge on any atom is 0.274 e. The maximum atomic E-state index is 12.5. The molecule has 5 heteroatoms. The van der Waals surface area contributed by atoms with E-state index in [-0.39, 0.29) is 19.1 Å². The molecule has 0 radical (unpaired) electrons. The summed E-state index contributed by atoms with van der Waals surface area (Å²) < 4.78 is 0.654. The number of halogens is 1. The maximum absolute atomic E-state index is 12.5. The molecule has 1 aromatic heterocycles. The first-order chi connectivity index (χ1) is 9.72. The molecule has 0 saturated heterocycles. The van der Waals surface area contributed by atoms with Gasteiger partial charge in [0, 0.05) is 23.8 Å². The summed E-state index contributed by atoms with van der Waals surface area (Å²) in [4.78, 5) is 18.2. The van der Waals surface area contributed by atoms with Gasteiger partial charge in [-0.05, 0) is 33.6 Å². The van der Waals surface area contributed by atoms with E-state index in [4.69, 9.17) is 5.11 Å². The molecule has 20 heavy (non-hydrogen) atoms. The van der Waals surface area contributed by atoms with Crippen molar-refractivity contribution >= 4 is 21.8 Å². The first kappa shape index (κ1) is 14.7. The Kier molecular flexibility index (Phi) is 5.26. The molecule has 0 saturated carbocycles. The van der Waals surface area contributed by atoms with E-state index in [1.165, 1.54) is 0 Å². The van der Waals surface area contributed by atoms with E-state index in [0.717, 1.165) is 5.56 Å². The Morgan fingerprint density at radius 2 is 1.95 bits per heavy atom. The molecular formula is C15H15BrN2O2. The van der Waals surface area contributed by atoms with Gasteiger partial charge in [-0.1, -0.05) is 30.3 Å². The van der Waals surface area contributed by atoms with Crippen molar-refractivity contribution in [2.45, 2.75) is 6.54 Å². The summed E-state index contributed by atoms with van der Waals surface area (Å²) in [6.45, 7) is 0.642.